The average molecular weight is 449 g/mol. The molecule has 0 saturated carbocycles. The van der Waals surface area contributed by atoms with Crippen molar-refractivity contribution < 1.29 is 13.2 Å². The van der Waals surface area contributed by atoms with Crippen molar-refractivity contribution in [2.24, 2.45) is 0 Å². The number of aromatic nitrogens is 2. The SMILES string of the molecule is O=C(CSc1ncnc2sccc12)N1CCN(S(=O)(=O)Cc2ccccc2)CC1. The highest BCUT2D eigenvalue weighted by Gasteiger charge is 2.29. The largest absolute Gasteiger partial charge is 0.339 e. The van der Waals surface area contributed by atoms with Crippen molar-refractivity contribution in [3.8, 4) is 0 Å². The molecule has 4 rings (SSSR count). The van der Waals surface area contributed by atoms with Gasteiger partial charge in [-0.1, -0.05) is 42.1 Å². The zero-order valence-corrected chi connectivity index (χ0v) is 18.0. The number of benzene rings is 1. The molecule has 1 aromatic carbocycles. The van der Waals surface area contributed by atoms with Crippen LogP contribution in [0.4, 0.5) is 0 Å². The second kappa shape index (κ2) is 8.78. The lowest BCUT2D eigenvalue weighted by Crippen LogP contribution is -2.51. The van der Waals surface area contributed by atoms with E-state index in [1.807, 2.05) is 41.8 Å². The summed E-state index contributed by atoms with van der Waals surface area (Å²) in [7, 11) is -3.38. The van der Waals surface area contributed by atoms with Gasteiger partial charge in [-0.05, 0) is 17.0 Å². The van der Waals surface area contributed by atoms with E-state index in [1.165, 1.54) is 22.4 Å². The number of fused-ring (bicyclic) bond motifs is 1. The predicted molar refractivity (Wildman–Crippen MR) is 115 cm³/mol. The van der Waals surface area contributed by atoms with Crippen LogP contribution in [0.3, 0.4) is 0 Å². The van der Waals surface area contributed by atoms with Crippen LogP contribution in [0.25, 0.3) is 10.2 Å². The zero-order chi connectivity index (χ0) is 20.3. The lowest BCUT2D eigenvalue weighted by molar-refractivity contribution is -0.129. The van der Waals surface area contributed by atoms with Crippen molar-refractivity contribution >= 4 is 49.2 Å². The first-order chi connectivity index (χ1) is 14.0. The highest BCUT2D eigenvalue weighted by Crippen LogP contribution is 2.27. The molecule has 3 aromatic rings. The fraction of sp³-hybridized carbons (Fsp3) is 0.316. The van der Waals surface area contributed by atoms with Gasteiger partial charge in [-0.2, -0.15) is 4.31 Å². The Labute approximate surface area is 177 Å². The van der Waals surface area contributed by atoms with Crippen molar-refractivity contribution in [1.82, 2.24) is 19.2 Å². The van der Waals surface area contributed by atoms with Crippen molar-refractivity contribution in [3.05, 3.63) is 53.7 Å². The molecular weight excluding hydrogens is 428 g/mol. The summed E-state index contributed by atoms with van der Waals surface area (Å²) in [6.45, 7) is 1.47. The van der Waals surface area contributed by atoms with Crippen LogP contribution in [0.15, 0.2) is 53.1 Å². The molecule has 0 spiro atoms. The Morgan fingerprint density at radius 2 is 1.83 bits per heavy atom. The van der Waals surface area contributed by atoms with E-state index in [4.69, 9.17) is 0 Å². The van der Waals surface area contributed by atoms with E-state index in [1.54, 1.807) is 16.2 Å². The van der Waals surface area contributed by atoms with E-state index in [0.29, 0.717) is 26.2 Å². The van der Waals surface area contributed by atoms with Gasteiger partial charge in [-0.25, -0.2) is 18.4 Å². The minimum Gasteiger partial charge on any atom is -0.339 e. The molecule has 0 atom stereocenters. The zero-order valence-electron chi connectivity index (χ0n) is 15.6. The lowest BCUT2D eigenvalue weighted by atomic mass is 10.2. The van der Waals surface area contributed by atoms with E-state index in [9.17, 15) is 13.2 Å². The molecule has 10 heteroatoms. The van der Waals surface area contributed by atoms with Crippen LogP contribution in [0.5, 0.6) is 0 Å². The lowest BCUT2D eigenvalue weighted by Gasteiger charge is -2.34. The summed E-state index contributed by atoms with van der Waals surface area (Å²) in [4.78, 5) is 23.7. The number of piperazine rings is 1. The molecule has 1 fully saturated rings. The van der Waals surface area contributed by atoms with Gasteiger partial charge in [0.15, 0.2) is 0 Å². The van der Waals surface area contributed by atoms with Crippen LogP contribution in [-0.2, 0) is 20.6 Å². The van der Waals surface area contributed by atoms with Gasteiger partial charge in [0.05, 0.1) is 11.5 Å². The fourth-order valence-corrected chi connectivity index (χ4v) is 6.39. The number of rotatable bonds is 6. The van der Waals surface area contributed by atoms with E-state index in [-0.39, 0.29) is 17.4 Å². The van der Waals surface area contributed by atoms with Crippen LogP contribution in [-0.4, -0.2) is 65.4 Å². The summed E-state index contributed by atoms with van der Waals surface area (Å²) >= 11 is 2.94. The standard InChI is InChI=1S/C19H20N4O3S3/c24-17(12-28-19-16-6-11-27-18(16)20-14-21-19)22-7-9-23(10-8-22)29(25,26)13-15-4-2-1-3-5-15/h1-6,11,14H,7-10,12-13H2. The first-order valence-electron chi connectivity index (χ1n) is 9.13. The van der Waals surface area contributed by atoms with Crippen LogP contribution < -0.4 is 0 Å². The van der Waals surface area contributed by atoms with E-state index >= 15 is 0 Å². The minimum atomic E-state index is -3.38. The molecular formula is C19H20N4O3S3. The molecule has 2 aromatic heterocycles. The monoisotopic (exact) mass is 448 g/mol. The molecule has 1 aliphatic rings. The molecule has 1 amide bonds. The number of thioether (sulfide) groups is 1. The third kappa shape index (κ3) is 4.77. The van der Waals surface area contributed by atoms with Gasteiger partial charge in [0.25, 0.3) is 0 Å². The van der Waals surface area contributed by atoms with Gasteiger partial charge in [0.1, 0.15) is 16.2 Å². The summed E-state index contributed by atoms with van der Waals surface area (Å²) in [6, 6.07) is 11.1. The maximum atomic E-state index is 12.6. The average Bonchev–Trinajstić information content (AvgIpc) is 3.22. The molecule has 1 aliphatic heterocycles. The number of amides is 1. The Kier molecular flexibility index (Phi) is 6.14. The Hall–Kier alpha value is -2.01. The minimum absolute atomic E-state index is 0.00269. The van der Waals surface area contributed by atoms with Gasteiger partial charge >= 0.3 is 0 Å². The third-order valence-electron chi connectivity index (χ3n) is 4.73. The number of nitrogens with zero attached hydrogens (tertiary/aromatic N) is 4. The molecule has 1 saturated heterocycles. The summed E-state index contributed by atoms with van der Waals surface area (Å²) < 4.78 is 26.8. The third-order valence-corrected chi connectivity index (χ3v) is 8.40. The molecule has 0 N–H and O–H groups in total. The molecule has 0 aliphatic carbocycles. The van der Waals surface area contributed by atoms with Gasteiger partial charge in [0, 0.05) is 31.6 Å². The Morgan fingerprint density at radius 3 is 2.59 bits per heavy atom. The molecule has 29 heavy (non-hydrogen) atoms. The van der Waals surface area contributed by atoms with Gasteiger partial charge in [-0.3, -0.25) is 4.79 Å². The van der Waals surface area contributed by atoms with Crippen molar-refractivity contribution in [2.45, 2.75) is 10.8 Å². The maximum absolute atomic E-state index is 12.6. The normalized spacial score (nSPS) is 15.7. The van der Waals surface area contributed by atoms with Gasteiger partial charge in [-0.15, -0.1) is 11.3 Å². The van der Waals surface area contributed by atoms with Crippen molar-refractivity contribution in [1.29, 1.82) is 0 Å². The molecule has 0 radical (unpaired) electrons. The molecule has 7 nitrogen and oxygen atoms in total. The number of thiophene rings is 1. The summed E-state index contributed by atoms with van der Waals surface area (Å²) in [5.74, 6) is 0.262. The second-order valence-corrected chi connectivity index (χ2v) is 10.5. The van der Waals surface area contributed by atoms with Crippen LogP contribution >= 0.6 is 23.1 Å². The first kappa shape index (κ1) is 20.3. The second-order valence-electron chi connectivity index (χ2n) is 6.63. The molecule has 152 valence electrons. The quantitative estimate of drug-likeness (QED) is 0.426. The number of hydrogen-bond donors (Lipinski definition) is 0. The highest BCUT2D eigenvalue weighted by atomic mass is 32.2. The Balaban J connectivity index is 1.31. The molecule has 0 unspecified atom stereocenters. The summed E-state index contributed by atoms with van der Waals surface area (Å²) in [6.07, 6.45) is 1.52. The number of carbonyl (C=O) groups is 1. The maximum Gasteiger partial charge on any atom is 0.233 e. The van der Waals surface area contributed by atoms with Crippen LogP contribution in [0, 0.1) is 0 Å². The number of carbonyl (C=O) groups excluding carboxylic acids is 1. The fourth-order valence-electron chi connectivity index (χ4n) is 3.20. The van der Waals surface area contributed by atoms with Crippen LogP contribution in [0.2, 0.25) is 0 Å². The molecule has 3 heterocycles. The number of hydrogen-bond acceptors (Lipinski definition) is 7. The van der Waals surface area contributed by atoms with E-state index in [0.717, 1.165) is 20.8 Å². The summed E-state index contributed by atoms with van der Waals surface area (Å²) in [5.41, 5.74) is 0.770. The first-order valence-corrected chi connectivity index (χ1v) is 12.6. The van der Waals surface area contributed by atoms with E-state index in [2.05, 4.69) is 9.97 Å². The van der Waals surface area contributed by atoms with Crippen LogP contribution in [0.1, 0.15) is 5.56 Å². The smallest absolute Gasteiger partial charge is 0.233 e. The van der Waals surface area contributed by atoms with Gasteiger partial charge < -0.3 is 4.90 Å². The van der Waals surface area contributed by atoms with Crippen molar-refractivity contribution in [2.75, 3.05) is 31.9 Å². The Morgan fingerprint density at radius 1 is 1.07 bits per heavy atom. The van der Waals surface area contributed by atoms with Crippen molar-refractivity contribution in [3.63, 3.8) is 0 Å². The van der Waals surface area contributed by atoms with E-state index < -0.39 is 10.0 Å². The highest BCUT2D eigenvalue weighted by molar-refractivity contribution is 8.00. The topological polar surface area (TPSA) is 83.5 Å². The predicted octanol–water partition coefficient (Wildman–Crippen LogP) is 2.46. The molecule has 0 bridgehead atoms. The van der Waals surface area contributed by atoms with Gasteiger partial charge in [0.2, 0.25) is 15.9 Å². The number of sulfonamides is 1. The Bertz CT molecular complexity index is 1090. The summed E-state index contributed by atoms with van der Waals surface area (Å²) in [5, 5.41) is 3.72.